The molecule has 0 spiro atoms. The number of benzene rings is 1. The minimum atomic E-state index is -0.448. The Bertz CT molecular complexity index is 395. The van der Waals surface area contributed by atoms with E-state index >= 15 is 0 Å². The van der Waals surface area contributed by atoms with E-state index in [0.717, 1.165) is 19.5 Å². The molecule has 0 aliphatic carbocycles. The third-order valence-corrected chi connectivity index (χ3v) is 4.46. The molecule has 1 aromatic carbocycles. The van der Waals surface area contributed by atoms with Crippen molar-refractivity contribution in [3.05, 3.63) is 35.9 Å². The first kappa shape index (κ1) is 15.5. The van der Waals surface area contributed by atoms with E-state index in [1.165, 1.54) is 18.4 Å². The molecule has 1 fully saturated rings. The van der Waals surface area contributed by atoms with E-state index in [0.29, 0.717) is 12.0 Å². The van der Waals surface area contributed by atoms with Crippen molar-refractivity contribution in [1.29, 1.82) is 0 Å². The fraction of sp³-hybridized carbons (Fsp3) is 0.647. The highest BCUT2D eigenvalue weighted by Gasteiger charge is 2.27. The van der Waals surface area contributed by atoms with Crippen LogP contribution in [0.1, 0.15) is 32.3 Å². The Balaban J connectivity index is 1.78. The Labute approximate surface area is 122 Å². The normalized spacial score (nSPS) is 22.4. The van der Waals surface area contributed by atoms with E-state index in [9.17, 15) is 5.11 Å². The molecule has 0 bridgehead atoms. The van der Waals surface area contributed by atoms with Gasteiger partial charge >= 0.3 is 0 Å². The summed E-state index contributed by atoms with van der Waals surface area (Å²) in [7, 11) is 0. The number of piperidine rings is 1. The molecule has 112 valence electrons. The van der Waals surface area contributed by atoms with Gasteiger partial charge in [0.15, 0.2) is 0 Å². The van der Waals surface area contributed by atoms with Gasteiger partial charge in [-0.05, 0) is 43.3 Å². The number of likely N-dealkylation sites (tertiary alicyclic amines) is 1. The van der Waals surface area contributed by atoms with E-state index in [2.05, 4.69) is 30.9 Å². The highest BCUT2D eigenvalue weighted by Crippen LogP contribution is 2.29. The van der Waals surface area contributed by atoms with Crippen LogP contribution in [0.3, 0.4) is 0 Å². The van der Waals surface area contributed by atoms with Crippen molar-refractivity contribution >= 4 is 0 Å². The van der Waals surface area contributed by atoms with Crippen molar-refractivity contribution in [1.82, 2.24) is 4.90 Å². The largest absolute Gasteiger partial charge is 0.390 e. The van der Waals surface area contributed by atoms with Crippen LogP contribution in [0.5, 0.6) is 0 Å². The van der Waals surface area contributed by atoms with Gasteiger partial charge in [-0.3, -0.25) is 0 Å². The quantitative estimate of drug-likeness (QED) is 0.865. The summed E-state index contributed by atoms with van der Waals surface area (Å²) in [5.74, 6) is 0. The van der Waals surface area contributed by atoms with Gasteiger partial charge in [-0.25, -0.2) is 0 Å². The smallest absolute Gasteiger partial charge is 0.0820 e. The topological polar surface area (TPSA) is 49.5 Å². The minimum absolute atomic E-state index is 0.188. The first-order valence-electron chi connectivity index (χ1n) is 7.66. The zero-order valence-electron chi connectivity index (χ0n) is 12.8. The van der Waals surface area contributed by atoms with Crippen LogP contribution in [0.4, 0.5) is 0 Å². The molecule has 1 aromatic rings. The highest BCUT2D eigenvalue weighted by atomic mass is 16.3. The molecule has 0 radical (unpaired) electrons. The van der Waals surface area contributed by atoms with E-state index < -0.39 is 6.10 Å². The molecule has 2 unspecified atom stereocenters. The van der Waals surface area contributed by atoms with Crippen LogP contribution in [-0.4, -0.2) is 41.8 Å². The van der Waals surface area contributed by atoms with Crippen LogP contribution in [0.25, 0.3) is 0 Å². The number of aliphatic hydroxyl groups is 1. The maximum Gasteiger partial charge on any atom is 0.0820 e. The van der Waals surface area contributed by atoms with Crippen molar-refractivity contribution in [3.63, 3.8) is 0 Å². The van der Waals surface area contributed by atoms with Crippen molar-refractivity contribution in [2.24, 2.45) is 11.1 Å². The maximum absolute atomic E-state index is 10.3. The van der Waals surface area contributed by atoms with Gasteiger partial charge in [-0.2, -0.15) is 0 Å². The van der Waals surface area contributed by atoms with Crippen LogP contribution in [-0.2, 0) is 6.42 Å². The number of nitrogens with two attached hydrogens (primary N) is 1. The SMILES string of the molecule is CC1(C)CCN(CC(O)C(N)Cc2ccccc2)CC1. The van der Waals surface area contributed by atoms with Crippen LogP contribution in [0.15, 0.2) is 30.3 Å². The number of rotatable bonds is 5. The summed E-state index contributed by atoms with van der Waals surface area (Å²) in [6.07, 6.45) is 2.69. The summed E-state index contributed by atoms with van der Waals surface area (Å²) in [6.45, 7) is 7.48. The molecule has 0 amide bonds. The lowest BCUT2D eigenvalue weighted by Crippen LogP contribution is -2.47. The molecule has 3 N–H and O–H groups in total. The second-order valence-electron chi connectivity index (χ2n) is 6.89. The van der Waals surface area contributed by atoms with Crippen LogP contribution in [0, 0.1) is 5.41 Å². The van der Waals surface area contributed by atoms with Gasteiger partial charge in [0.1, 0.15) is 0 Å². The summed E-state index contributed by atoms with van der Waals surface area (Å²) in [6, 6.07) is 9.97. The molecule has 2 atom stereocenters. The van der Waals surface area contributed by atoms with Crippen molar-refractivity contribution in [2.75, 3.05) is 19.6 Å². The summed E-state index contributed by atoms with van der Waals surface area (Å²) >= 11 is 0. The fourth-order valence-electron chi connectivity index (χ4n) is 2.76. The number of nitrogens with zero attached hydrogens (tertiary/aromatic N) is 1. The molecule has 0 saturated carbocycles. The van der Waals surface area contributed by atoms with Gasteiger partial charge < -0.3 is 15.7 Å². The Kier molecular flexibility index (Phi) is 5.19. The molecule has 3 heteroatoms. The van der Waals surface area contributed by atoms with Crippen molar-refractivity contribution < 1.29 is 5.11 Å². The Hall–Kier alpha value is -0.900. The predicted molar refractivity (Wildman–Crippen MR) is 83.6 cm³/mol. The van der Waals surface area contributed by atoms with E-state index in [4.69, 9.17) is 5.73 Å². The average molecular weight is 276 g/mol. The van der Waals surface area contributed by atoms with Crippen LogP contribution < -0.4 is 5.73 Å². The Morgan fingerprint density at radius 3 is 2.40 bits per heavy atom. The molecule has 3 nitrogen and oxygen atoms in total. The maximum atomic E-state index is 10.3. The first-order valence-corrected chi connectivity index (χ1v) is 7.66. The third kappa shape index (κ3) is 4.58. The zero-order chi connectivity index (χ0) is 14.6. The fourth-order valence-corrected chi connectivity index (χ4v) is 2.76. The van der Waals surface area contributed by atoms with Gasteiger partial charge in [0, 0.05) is 12.6 Å². The highest BCUT2D eigenvalue weighted by molar-refractivity contribution is 5.16. The Morgan fingerprint density at radius 1 is 1.20 bits per heavy atom. The number of hydrogen-bond donors (Lipinski definition) is 2. The number of hydrogen-bond acceptors (Lipinski definition) is 3. The van der Waals surface area contributed by atoms with Gasteiger partial charge in [0.25, 0.3) is 0 Å². The standard InChI is InChI=1S/C17H28N2O/c1-17(2)8-10-19(11-9-17)13-16(20)15(18)12-14-6-4-3-5-7-14/h3-7,15-16,20H,8-13,18H2,1-2H3. The summed E-state index contributed by atoms with van der Waals surface area (Å²) < 4.78 is 0. The molecular formula is C17H28N2O. The van der Waals surface area contributed by atoms with Crippen LogP contribution >= 0.6 is 0 Å². The molecule has 2 rings (SSSR count). The lowest BCUT2D eigenvalue weighted by Gasteiger charge is -2.38. The monoisotopic (exact) mass is 276 g/mol. The molecule has 1 aliphatic rings. The Morgan fingerprint density at radius 2 is 1.80 bits per heavy atom. The second-order valence-corrected chi connectivity index (χ2v) is 6.89. The predicted octanol–water partition coefficient (Wildman–Crippen LogP) is 2.04. The lowest BCUT2D eigenvalue weighted by atomic mass is 9.82. The molecule has 1 heterocycles. The molecule has 1 saturated heterocycles. The first-order chi connectivity index (χ1) is 9.46. The summed E-state index contributed by atoms with van der Waals surface area (Å²) in [5.41, 5.74) is 7.79. The lowest BCUT2D eigenvalue weighted by molar-refractivity contribution is 0.0577. The van der Waals surface area contributed by atoms with Gasteiger partial charge in [0.05, 0.1) is 6.10 Å². The summed E-state index contributed by atoms with van der Waals surface area (Å²) in [4.78, 5) is 2.35. The molecule has 20 heavy (non-hydrogen) atoms. The van der Waals surface area contributed by atoms with Gasteiger partial charge in [-0.15, -0.1) is 0 Å². The van der Waals surface area contributed by atoms with E-state index in [-0.39, 0.29) is 6.04 Å². The second kappa shape index (κ2) is 6.70. The van der Waals surface area contributed by atoms with Crippen molar-refractivity contribution in [2.45, 2.75) is 45.3 Å². The zero-order valence-corrected chi connectivity index (χ0v) is 12.8. The molecule has 1 aliphatic heterocycles. The summed E-state index contributed by atoms with van der Waals surface area (Å²) in [5, 5.41) is 10.3. The number of aliphatic hydroxyl groups excluding tert-OH is 1. The van der Waals surface area contributed by atoms with Gasteiger partial charge in [-0.1, -0.05) is 44.2 Å². The number of β-amino-alcohol motifs (C(OH)–C–C–N with tert-alkyl or cyclic N) is 1. The average Bonchev–Trinajstić information content (AvgIpc) is 2.42. The molecular weight excluding hydrogens is 248 g/mol. The minimum Gasteiger partial charge on any atom is -0.390 e. The van der Waals surface area contributed by atoms with E-state index in [1.54, 1.807) is 0 Å². The van der Waals surface area contributed by atoms with Crippen molar-refractivity contribution in [3.8, 4) is 0 Å². The van der Waals surface area contributed by atoms with E-state index in [1.807, 2.05) is 18.2 Å². The molecule has 0 aromatic heterocycles. The third-order valence-electron chi connectivity index (χ3n) is 4.46. The van der Waals surface area contributed by atoms with Gasteiger partial charge in [0.2, 0.25) is 0 Å². The van der Waals surface area contributed by atoms with Crippen LogP contribution in [0.2, 0.25) is 0 Å².